The third-order valence-corrected chi connectivity index (χ3v) is 2.87. The molecule has 1 aromatic heterocycles. The molecular formula is C11H15N3O4. The Labute approximate surface area is 104 Å². The van der Waals surface area contributed by atoms with Crippen molar-refractivity contribution in [3.63, 3.8) is 0 Å². The number of carboxylic acids is 1. The number of nitrogens with zero attached hydrogens (tertiary/aromatic N) is 3. The highest BCUT2D eigenvalue weighted by Crippen LogP contribution is 2.09. The Morgan fingerprint density at radius 1 is 1.39 bits per heavy atom. The van der Waals surface area contributed by atoms with Crippen molar-refractivity contribution in [2.45, 2.75) is 6.92 Å². The number of amides is 1. The normalized spacial score (nSPS) is 16.8. The molecule has 0 spiro atoms. The Kier molecular flexibility index (Phi) is 3.61. The Bertz CT molecular complexity index is 449. The van der Waals surface area contributed by atoms with Crippen molar-refractivity contribution in [3.05, 3.63) is 17.5 Å². The highest BCUT2D eigenvalue weighted by atomic mass is 16.5. The molecule has 1 N–H and O–H groups in total. The summed E-state index contributed by atoms with van der Waals surface area (Å²) in [6, 6.07) is 1.60. The van der Waals surface area contributed by atoms with Gasteiger partial charge in [-0.15, -0.1) is 0 Å². The summed E-state index contributed by atoms with van der Waals surface area (Å²) in [6.45, 7) is 3.90. The lowest BCUT2D eigenvalue weighted by molar-refractivity contribution is -0.138. The van der Waals surface area contributed by atoms with Crippen LogP contribution in [-0.4, -0.2) is 64.7 Å². The zero-order chi connectivity index (χ0) is 13.1. The van der Waals surface area contributed by atoms with E-state index in [2.05, 4.69) is 5.16 Å². The largest absolute Gasteiger partial charge is 0.480 e. The van der Waals surface area contributed by atoms with Gasteiger partial charge in [-0.1, -0.05) is 5.16 Å². The molecule has 0 radical (unpaired) electrons. The first-order valence-corrected chi connectivity index (χ1v) is 5.73. The van der Waals surface area contributed by atoms with Crippen molar-refractivity contribution in [1.29, 1.82) is 0 Å². The Hall–Kier alpha value is -1.89. The van der Waals surface area contributed by atoms with Gasteiger partial charge in [0.1, 0.15) is 5.76 Å². The average molecular weight is 253 g/mol. The van der Waals surface area contributed by atoms with Gasteiger partial charge in [-0.05, 0) is 6.92 Å². The third-order valence-electron chi connectivity index (χ3n) is 2.87. The van der Waals surface area contributed by atoms with Gasteiger partial charge in [0.15, 0.2) is 5.69 Å². The van der Waals surface area contributed by atoms with E-state index in [-0.39, 0.29) is 12.5 Å². The SMILES string of the molecule is Cc1cc(C(=O)N2CCN(CC(=O)O)CC2)no1. The molecule has 98 valence electrons. The van der Waals surface area contributed by atoms with Crippen LogP contribution < -0.4 is 0 Å². The molecule has 1 aliphatic heterocycles. The van der Waals surface area contributed by atoms with Crippen molar-refractivity contribution < 1.29 is 19.2 Å². The first kappa shape index (κ1) is 12.6. The van der Waals surface area contributed by atoms with Crippen LogP contribution in [0.15, 0.2) is 10.6 Å². The molecule has 0 aromatic carbocycles. The third kappa shape index (κ3) is 2.86. The fraction of sp³-hybridized carbons (Fsp3) is 0.545. The highest BCUT2D eigenvalue weighted by Gasteiger charge is 2.24. The second kappa shape index (κ2) is 5.18. The number of hydrogen-bond donors (Lipinski definition) is 1. The molecule has 2 rings (SSSR count). The first-order chi connectivity index (χ1) is 8.56. The molecule has 18 heavy (non-hydrogen) atoms. The molecule has 0 unspecified atom stereocenters. The number of piperazine rings is 1. The van der Waals surface area contributed by atoms with E-state index in [4.69, 9.17) is 9.63 Å². The van der Waals surface area contributed by atoms with Crippen LogP contribution in [0.25, 0.3) is 0 Å². The summed E-state index contributed by atoms with van der Waals surface area (Å²) >= 11 is 0. The maximum Gasteiger partial charge on any atom is 0.317 e. The van der Waals surface area contributed by atoms with Crippen LogP contribution in [0.2, 0.25) is 0 Å². The van der Waals surface area contributed by atoms with E-state index < -0.39 is 5.97 Å². The monoisotopic (exact) mass is 253 g/mol. The minimum atomic E-state index is -0.845. The molecule has 1 amide bonds. The van der Waals surface area contributed by atoms with Crippen LogP contribution in [0.1, 0.15) is 16.2 Å². The number of aryl methyl sites for hydroxylation is 1. The molecule has 0 atom stereocenters. The van der Waals surface area contributed by atoms with E-state index in [0.29, 0.717) is 37.6 Å². The molecule has 0 bridgehead atoms. The van der Waals surface area contributed by atoms with Crippen molar-refractivity contribution in [2.24, 2.45) is 0 Å². The van der Waals surface area contributed by atoms with Crippen LogP contribution >= 0.6 is 0 Å². The van der Waals surface area contributed by atoms with Crippen molar-refractivity contribution in [1.82, 2.24) is 15.0 Å². The van der Waals surface area contributed by atoms with E-state index >= 15 is 0 Å². The lowest BCUT2D eigenvalue weighted by Crippen LogP contribution is -2.49. The van der Waals surface area contributed by atoms with E-state index in [1.807, 2.05) is 0 Å². The van der Waals surface area contributed by atoms with Gasteiger partial charge in [-0.2, -0.15) is 0 Å². The average Bonchev–Trinajstić information content (AvgIpc) is 2.75. The van der Waals surface area contributed by atoms with Crippen LogP contribution in [0, 0.1) is 6.92 Å². The standard InChI is InChI=1S/C11H15N3O4/c1-8-6-9(12-18-8)11(17)14-4-2-13(3-5-14)7-10(15)16/h6H,2-5,7H2,1H3,(H,15,16). The Morgan fingerprint density at radius 2 is 2.06 bits per heavy atom. The summed E-state index contributed by atoms with van der Waals surface area (Å²) in [5.41, 5.74) is 0.305. The summed E-state index contributed by atoms with van der Waals surface area (Å²) in [5.74, 6) is -0.411. The van der Waals surface area contributed by atoms with E-state index in [0.717, 1.165) is 0 Å². The molecule has 0 saturated carbocycles. The van der Waals surface area contributed by atoms with Crippen LogP contribution in [0.3, 0.4) is 0 Å². The number of aliphatic carboxylic acids is 1. The van der Waals surface area contributed by atoms with Gasteiger partial charge < -0.3 is 14.5 Å². The minimum Gasteiger partial charge on any atom is -0.480 e. The van der Waals surface area contributed by atoms with E-state index in [9.17, 15) is 9.59 Å². The summed E-state index contributed by atoms with van der Waals surface area (Å²) in [6.07, 6.45) is 0. The van der Waals surface area contributed by atoms with Crippen LogP contribution in [0.5, 0.6) is 0 Å². The summed E-state index contributed by atoms with van der Waals surface area (Å²) in [7, 11) is 0. The maximum atomic E-state index is 12.0. The first-order valence-electron chi connectivity index (χ1n) is 5.73. The number of hydrogen-bond acceptors (Lipinski definition) is 5. The molecule has 0 aliphatic carbocycles. The summed E-state index contributed by atoms with van der Waals surface area (Å²) in [5, 5.41) is 12.4. The highest BCUT2D eigenvalue weighted by molar-refractivity contribution is 5.92. The van der Waals surface area contributed by atoms with Gasteiger partial charge in [-0.3, -0.25) is 14.5 Å². The van der Waals surface area contributed by atoms with E-state index in [1.165, 1.54) is 0 Å². The van der Waals surface area contributed by atoms with E-state index in [1.54, 1.807) is 22.8 Å². The van der Waals surface area contributed by atoms with Crippen molar-refractivity contribution >= 4 is 11.9 Å². The van der Waals surface area contributed by atoms with Crippen molar-refractivity contribution in [3.8, 4) is 0 Å². The number of carbonyl (C=O) groups excluding carboxylic acids is 1. The predicted octanol–water partition coefficient (Wildman–Crippen LogP) is -0.175. The lowest BCUT2D eigenvalue weighted by Gasteiger charge is -2.33. The molecule has 1 saturated heterocycles. The molecule has 1 fully saturated rings. The lowest BCUT2D eigenvalue weighted by atomic mass is 10.2. The number of carbonyl (C=O) groups is 2. The quantitative estimate of drug-likeness (QED) is 0.804. The second-order valence-electron chi connectivity index (χ2n) is 4.28. The summed E-state index contributed by atoms with van der Waals surface area (Å²) in [4.78, 5) is 26.0. The zero-order valence-corrected chi connectivity index (χ0v) is 10.1. The van der Waals surface area contributed by atoms with Gasteiger partial charge in [-0.25, -0.2) is 0 Å². The smallest absolute Gasteiger partial charge is 0.317 e. The summed E-state index contributed by atoms with van der Waals surface area (Å²) < 4.78 is 4.86. The predicted molar refractivity (Wildman–Crippen MR) is 61.2 cm³/mol. The maximum absolute atomic E-state index is 12.0. The number of carboxylic acid groups (broad SMARTS) is 1. The van der Waals surface area contributed by atoms with Gasteiger partial charge in [0, 0.05) is 32.2 Å². The van der Waals surface area contributed by atoms with Crippen LogP contribution in [0.4, 0.5) is 0 Å². The molecule has 7 heteroatoms. The number of aromatic nitrogens is 1. The molecule has 1 aromatic rings. The van der Waals surface area contributed by atoms with Gasteiger partial charge >= 0.3 is 5.97 Å². The zero-order valence-electron chi connectivity index (χ0n) is 10.1. The van der Waals surface area contributed by atoms with Gasteiger partial charge in [0.2, 0.25) is 0 Å². The minimum absolute atomic E-state index is 0.0189. The Balaban J connectivity index is 1.90. The fourth-order valence-corrected chi connectivity index (χ4v) is 1.93. The van der Waals surface area contributed by atoms with Gasteiger partial charge in [0.05, 0.1) is 6.54 Å². The van der Waals surface area contributed by atoms with Crippen LogP contribution in [-0.2, 0) is 4.79 Å². The molecular weight excluding hydrogens is 238 g/mol. The second-order valence-corrected chi connectivity index (χ2v) is 4.28. The fourth-order valence-electron chi connectivity index (χ4n) is 1.93. The molecule has 1 aliphatic rings. The van der Waals surface area contributed by atoms with Gasteiger partial charge in [0.25, 0.3) is 5.91 Å². The van der Waals surface area contributed by atoms with Crippen molar-refractivity contribution in [2.75, 3.05) is 32.7 Å². The number of rotatable bonds is 3. The Morgan fingerprint density at radius 3 is 2.56 bits per heavy atom. The molecule has 7 nitrogen and oxygen atoms in total. The topological polar surface area (TPSA) is 86.9 Å². The molecule has 2 heterocycles.